The van der Waals surface area contributed by atoms with Gasteiger partial charge in [-0.25, -0.2) is 0 Å². The number of hydrogen-bond donors (Lipinski definition) is 2. The van der Waals surface area contributed by atoms with Crippen molar-refractivity contribution >= 4 is 39.9 Å². The molecule has 3 rings (SSSR count). The topological polar surface area (TPSA) is 58.2 Å². The van der Waals surface area contributed by atoms with E-state index in [1.807, 2.05) is 42.5 Å². The number of amides is 2. The van der Waals surface area contributed by atoms with Crippen LogP contribution in [0.2, 0.25) is 5.02 Å². The fourth-order valence-corrected chi connectivity index (χ4v) is 2.83. The first kappa shape index (κ1) is 18.0. The molecule has 3 aromatic carbocycles. The van der Waals surface area contributed by atoms with Gasteiger partial charge in [0.2, 0.25) is 5.91 Å². The molecule has 2 amide bonds. The predicted molar refractivity (Wildman–Crippen MR) is 106 cm³/mol. The number of rotatable bonds is 6. The highest BCUT2D eigenvalue weighted by molar-refractivity contribution is 6.30. The molecule has 0 unspecified atom stereocenters. The lowest BCUT2D eigenvalue weighted by Crippen LogP contribution is -2.25. The van der Waals surface area contributed by atoms with Crippen molar-refractivity contribution < 1.29 is 9.59 Å². The van der Waals surface area contributed by atoms with E-state index < -0.39 is 0 Å². The van der Waals surface area contributed by atoms with Crippen molar-refractivity contribution in [1.82, 2.24) is 5.32 Å². The molecule has 2 N–H and O–H groups in total. The summed E-state index contributed by atoms with van der Waals surface area (Å²) in [5.41, 5.74) is 1.35. The van der Waals surface area contributed by atoms with Gasteiger partial charge in [0.15, 0.2) is 0 Å². The number of halogens is 1. The highest BCUT2D eigenvalue weighted by atomic mass is 35.5. The first-order valence-electron chi connectivity index (χ1n) is 8.45. The number of hydrogen-bond acceptors (Lipinski definition) is 2. The Morgan fingerprint density at radius 2 is 1.62 bits per heavy atom. The van der Waals surface area contributed by atoms with Crippen LogP contribution in [0.25, 0.3) is 10.8 Å². The monoisotopic (exact) mass is 366 g/mol. The smallest absolute Gasteiger partial charge is 0.251 e. The van der Waals surface area contributed by atoms with Crippen LogP contribution in [0, 0.1) is 0 Å². The van der Waals surface area contributed by atoms with E-state index in [4.69, 9.17) is 11.6 Å². The molecule has 0 atom stereocenters. The van der Waals surface area contributed by atoms with Gasteiger partial charge in [-0.15, -0.1) is 0 Å². The Morgan fingerprint density at radius 1 is 0.885 bits per heavy atom. The van der Waals surface area contributed by atoms with Crippen molar-refractivity contribution in [2.75, 3.05) is 11.9 Å². The summed E-state index contributed by atoms with van der Waals surface area (Å²) >= 11 is 5.80. The standard InChI is InChI=1S/C21H19ClN2O2/c22-17-12-10-16(11-13-17)21(26)23-14-4-9-20(25)24-19-8-3-6-15-5-1-2-7-18(15)19/h1-3,5-8,10-13H,4,9,14H2,(H,23,26)(H,24,25). The van der Waals surface area contributed by atoms with Crippen molar-refractivity contribution in [2.45, 2.75) is 12.8 Å². The number of carbonyl (C=O) groups is 2. The normalized spacial score (nSPS) is 10.5. The molecule has 26 heavy (non-hydrogen) atoms. The van der Waals surface area contributed by atoms with Crippen molar-refractivity contribution in [2.24, 2.45) is 0 Å². The molecule has 0 aliphatic heterocycles. The van der Waals surface area contributed by atoms with Crippen LogP contribution in [0.15, 0.2) is 66.7 Å². The number of carbonyl (C=O) groups excluding carboxylic acids is 2. The Kier molecular flexibility index (Phi) is 5.87. The molecule has 0 bridgehead atoms. The summed E-state index contributed by atoms with van der Waals surface area (Å²) in [6.07, 6.45) is 0.903. The second-order valence-electron chi connectivity index (χ2n) is 5.94. The Bertz CT molecular complexity index is 917. The lowest BCUT2D eigenvalue weighted by Gasteiger charge is -2.09. The number of anilines is 1. The lowest BCUT2D eigenvalue weighted by molar-refractivity contribution is -0.116. The minimum atomic E-state index is -0.170. The van der Waals surface area contributed by atoms with E-state index >= 15 is 0 Å². The van der Waals surface area contributed by atoms with Crippen molar-refractivity contribution in [3.05, 3.63) is 77.3 Å². The number of fused-ring (bicyclic) bond motifs is 1. The van der Waals surface area contributed by atoms with Crippen LogP contribution in [0.3, 0.4) is 0 Å². The average molecular weight is 367 g/mol. The summed E-state index contributed by atoms with van der Waals surface area (Å²) in [5, 5.41) is 8.44. The molecule has 0 heterocycles. The van der Waals surface area contributed by atoms with E-state index in [2.05, 4.69) is 10.6 Å². The molecule has 0 aliphatic carbocycles. The largest absolute Gasteiger partial charge is 0.352 e. The zero-order chi connectivity index (χ0) is 18.4. The molecular weight excluding hydrogens is 348 g/mol. The van der Waals surface area contributed by atoms with E-state index in [0.29, 0.717) is 30.0 Å². The molecular formula is C21H19ClN2O2. The van der Waals surface area contributed by atoms with Gasteiger partial charge in [0.1, 0.15) is 0 Å². The van der Waals surface area contributed by atoms with Crippen molar-refractivity contribution in [3.63, 3.8) is 0 Å². The highest BCUT2D eigenvalue weighted by Crippen LogP contribution is 2.23. The fraction of sp³-hybridized carbons (Fsp3) is 0.143. The maximum atomic E-state index is 12.2. The first-order valence-corrected chi connectivity index (χ1v) is 8.83. The third-order valence-electron chi connectivity index (χ3n) is 4.04. The van der Waals surface area contributed by atoms with Crippen LogP contribution in [0.4, 0.5) is 5.69 Å². The van der Waals surface area contributed by atoms with Gasteiger partial charge in [0.05, 0.1) is 0 Å². The van der Waals surface area contributed by atoms with Gasteiger partial charge < -0.3 is 10.6 Å². The van der Waals surface area contributed by atoms with E-state index in [-0.39, 0.29) is 11.8 Å². The number of benzene rings is 3. The Morgan fingerprint density at radius 3 is 2.42 bits per heavy atom. The average Bonchev–Trinajstić information content (AvgIpc) is 2.66. The summed E-state index contributed by atoms with van der Waals surface area (Å²) in [7, 11) is 0. The molecule has 132 valence electrons. The molecule has 3 aromatic rings. The van der Waals surface area contributed by atoms with Crippen LogP contribution < -0.4 is 10.6 Å². The molecule has 0 aliphatic rings. The second kappa shape index (κ2) is 8.50. The van der Waals surface area contributed by atoms with Crippen molar-refractivity contribution in [3.8, 4) is 0 Å². The fourth-order valence-electron chi connectivity index (χ4n) is 2.70. The molecule has 5 heteroatoms. The Hall–Kier alpha value is -2.85. The maximum Gasteiger partial charge on any atom is 0.251 e. The van der Waals surface area contributed by atoms with Gasteiger partial charge in [-0.1, -0.05) is 48.0 Å². The molecule has 0 spiro atoms. The Labute approximate surface area is 157 Å². The summed E-state index contributed by atoms with van der Waals surface area (Å²) in [5.74, 6) is -0.238. The van der Waals surface area contributed by atoms with E-state index in [0.717, 1.165) is 16.5 Å². The molecule has 4 nitrogen and oxygen atoms in total. The summed E-state index contributed by atoms with van der Waals surface area (Å²) in [4.78, 5) is 24.2. The first-order chi connectivity index (χ1) is 12.6. The maximum absolute atomic E-state index is 12.2. The van der Waals surface area contributed by atoms with Crippen molar-refractivity contribution in [1.29, 1.82) is 0 Å². The SMILES string of the molecule is O=C(CCCNC(=O)c1ccc(Cl)cc1)Nc1cccc2ccccc12. The van der Waals surface area contributed by atoms with Gasteiger partial charge in [0.25, 0.3) is 5.91 Å². The minimum Gasteiger partial charge on any atom is -0.352 e. The summed E-state index contributed by atoms with van der Waals surface area (Å²) < 4.78 is 0. The molecule has 0 fully saturated rings. The molecule has 0 saturated carbocycles. The van der Waals surface area contributed by atoms with Crippen LogP contribution in [0.1, 0.15) is 23.2 Å². The van der Waals surface area contributed by atoms with E-state index in [1.165, 1.54) is 0 Å². The van der Waals surface area contributed by atoms with Crippen LogP contribution >= 0.6 is 11.6 Å². The van der Waals surface area contributed by atoms with Crippen LogP contribution in [-0.4, -0.2) is 18.4 Å². The van der Waals surface area contributed by atoms with Gasteiger partial charge in [-0.05, 0) is 42.1 Å². The van der Waals surface area contributed by atoms with Gasteiger partial charge in [0, 0.05) is 34.6 Å². The van der Waals surface area contributed by atoms with Crippen LogP contribution in [0.5, 0.6) is 0 Å². The molecule has 0 aromatic heterocycles. The molecule has 0 saturated heterocycles. The summed E-state index contributed by atoms with van der Waals surface area (Å²) in [6.45, 7) is 0.435. The molecule has 0 radical (unpaired) electrons. The van der Waals surface area contributed by atoms with Gasteiger partial charge in [-0.3, -0.25) is 9.59 Å². The Balaban J connectivity index is 1.47. The zero-order valence-electron chi connectivity index (χ0n) is 14.2. The number of nitrogens with one attached hydrogen (secondary N) is 2. The van der Waals surface area contributed by atoms with Crippen LogP contribution in [-0.2, 0) is 4.79 Å². The summed E-state index contributed by atoms with van der Waals surface area (Å²) in [6, 6.07) is 20.4. The zero-order valence-corrected chi connectivity index (χ0v) is 14.9. The second-order valence-corrected chi connectivity index (χ2v) is 6.38. The third kappa shape index (κ3) is 4.61. The highest BCUT2D eigenvalue weighted by Gasteiger charge is 2.07. The van der Waals surface area contributed by atoms with Gasteiger partial charge >= 0.3 is 0 Å². The quantitative estimate of drug-likeness (QED) is 0.624. The minimum absolute atomic E-state index is 0.0675. The van der Waals surface area contributed by atoms with E-state index in [1.54, 1.807) is 24.3 Å². The lowest BCUT2D eigenvalue weighted by atomic mass is 10.1. The van der Waals surface area contributed by atoms with E-state index in [9.17, 15) is 9.59 Å². The van der Waals surface area contributed by atoms with Gasteiger partial charge in [-0.2, -0.15) is 0 Å². The predicted octanol–water partition coefficient (Wildman–Crippen LogP) is 4.64. The third-order valence-corrected chi connectivity index (χ3v) is 4.29.